The van der Waals surface area contributed by atoms with Crippen LogP contribution in [0, 0.1) is 0 Å². The van der Waals surface area contributed by atoms with Crippen LogP contribution in [0.5, 0.6) is 0 Å². The topological polar surface area (TPSA) is 58.2 Å². The van der Waals surface area contributed by atoms with Gasteiger partial charge in [0.1, 0.15) is 0 Å². The summed E-state index contributed by atoms with van der Waals surface area (Å²) in [6, 6.07) is 7.21. The highest BCUT2D eigenvalue weighted by Crippen LogP contribution is 2.14. The molecule has 0 aliphatic heterocycles. The molecule has 1 aromatic rings. The second kappa shape index (κ2) is 7.74. The monoisotopic (exact) mass is 290 g/mol. The number of rotatable bonds is 8. The maximum atomic E-state index is 11.7. The van der Waals surface area contributed by atoms with Gasteiger partial charge in [-0.25, -0.2) is 13.1 Å². The first-order valence-electron chi connectivity index (χ1n) is 5.96. The Labute approximate surface area is 114 Å². The Kier molecular flexibility index (Phi) is 6.63. The molecule has 0 heterocycles. The molecule has 18 heavy (non-hydrogen) atoms. The molecule has 0 aromatic heterocycles. The summed E-state index contributed by atoms with van der Waals surface area (Å²) in [5, 5.41) is 3.67. The van der Waals surface area contributed by atoms with Crippen LogP contribution in [-0.2, 0) is 16.6 Å². The van der Waals surface area contributed by atoms with Crippen molar-refractivity contribution in [3.63, 3.8) is 0 Å². The summed E-state index contributed by atoms with van der Waals surface area (Å²) < 4.78 is 25.9. The van der Waals surface area contributed by atoms with E-state index in [0.717, 1.165) is 12.1 Å². The van der Waals surface area contributed by atoms with Crippen molar-refractivity contribution in [1.82, 2.24) is 10.0 Å². The maximum Gasteiger partial charge on any atom is 0.211 e. The fourth-order valence-electron chi connectivity index (χ4n) is 1.47. The van der Waals surface area contributed by atoms with Gasteiger partial charge in [-0.15, -0.1) is 0 Å². The van der Waals surface area contributed by atoms with Gasteiger partial charge >= 0.3 is 0 Å². The lowest BCUT2D eigenvalue weighted by atomic mass is 10.2. The number of sulfonamides is 1. The standard InChI is InChI=1S/C12H19ClN2O2S/c1-2-14-8-5-9-18(16,17)15-10-11-6-3-4-7-12(11)13/h3-4,6-7,14-15H,2,5,8-10H2,1H3. The van der Waals surface area contributed by atoms with Crippen molar-refractivity contribution >= 4 is 21.6 Å². The summed E-state index contributed by atoms with van der Waals surface area (Å²) in [5.74, 6) is 0.129. The van der Waals surface area contributed by atoms with Crippen molar-refractivity contribution in [3.05, 3.63) is 34.9 Å². The molecule has 0 fully saturated rings. The summed E-state index contributed by atoms with van der Waals surface area (Å²) in [7, 11) is -3.23. The summed E-state index contributed by atoms with van der Waals surface area (Å²) in [6.45, 7) is 3.80. The fourth-order valence-corrected chi connectivity index (χ4v) is 2.71. The maximum absolute atomic E-state index is 11.7. The second-order valence-corrected chi connectivity index (χ2v) is 6.27. The number of halogens is 1. The van der Waals surface area contributed by atoms with Gasteiger partial charge in [0.2, 0.25) is 10.0 Å². The fraction of sp³-hybridized carbons (Fsp3) is 0.500. The Morgan fingerprint density at radius 1 is 1.28 bits per heavy atom. The van der Waals surface area contributed by atoms with Crippen LogP contribution < -0.4 is 10.0 Å². The van der Waals surface area contributed by atoms with Crippen LogP contribution in [0.3, 0.4) is 0 Å². The molecule has 0 aliphatic carbocycles. The van der Waals surface area contributed by atoms with Crippen LogP contribution in [0.2, 0.25) is 5.02 Å². The van der Waals surface area contributed by atoms with Crippen LogP contribution in [-0.4, -0.2) is 27.3 Å². The van der Waals surface area contributed by atoms with Crippen LogP contribution in [0.1, 0.15) is 18.9 Å². The van der Waals surface area contributed by atoms with Gasteiger partial charge in [-0.1, -0.05) is 36.7 Å². The van der Waals surface area contributed by atoms with Crippen LogP contribution >= 0.6 is 11.6 Å². The SMILES string of the molecule is CCNCCCS(=O)(=O)NCc1ccccc1Cl. The van der Waals surface area contributed by atoms with E-state index in [1.54, 1.807) is 6.07 Å². The Morgan fingerprint density at radius 2 is 2.00 bits per heavy atom. The van der Waals surface area contributed by atoms with E-state index in [1.807, 2.05) is 25.1 Å². The Balaban J connectivity index is 2.40. The Bertz CT molecular complexity index is 463. The molecule has 6 heteroatoms. The molecule has 0 atom stereocenters. The summed E-state index contributed by atoms with van der Waals surface area (Å²) in [5.41, 5.74) is 0.787. The van der Waals surface area contributed by atoms with E-state index in [-0.39, 0.29) is 12.3 Å². The lowest BCUT2D eigenvalue weighted by Crippen LogP contribution is -2.28. The number of hydrogen-bond donors (Lipinski definition) is 2. The minimum absolute atomic E-state index is 0.129. The van der Waals surface area contributed by atoms with Gasteiger partial charge in [-0.3, -0.25) is 0 Å². The molecule has 1 rings (SSSR count). The lowest BCUT2D eigenvalue weighted by Gasteiger charge is -2.08. The highest BCUT2D eigenvalue weighted by atomic mass is 35.5. The van der Waals surface area contributed by atoms with Gasteiger partial charge in [0.25, 0.3) is 0 Å². The van der Waals surface area contributed by atoms with Crippen LogP contribution in [0.15, 0.2) is 24.3 Å². The number of nitrogens with one attached hydrogen (secondary N) is 2. The molecule has 0 unspecified atom stereocenters. The predicted octanol–water partition coefficient (Wildman–Crippen LogP) is 1.76. The third-order valence-electron chi connectivity index (χ3n) is 2.46. The normalized spacial score (nSPS) is 11.7. The minimum Gasteiger partial charge on any atom is -0.317 e. The highest BCUT2D eigenvalue weighted by molar-refractivity contribution is 7.89. The molecule has 102 valence electrons. The van der Waals surface area contributed by atoms with Crippen molar-refractivity contribution in [2.75, 3.05) is 18.8 Å². The molecule has 0 saturated heterocycles. The molecule has 0 radical (unpaired) electrons. The van der Waals surface area contributed by atoms with E-state index in [4.69, 9.17) is 11.6 Å². The summed E-state index contributed by atoms with van der Waals surface area (Å²) in [6.07, 6.45) is 0.603. The smallest absolute Gasteiger partial charge is 0.211 e. The van der Waals surface area contributed by atoms with Crippen molar-refractivity contribution in [1.29, 1.82) is 0 Å². The number of benzene rings is 1. The summed E-state index contributed by atoms with van der Waals surface area (Å²) in [4.78, 5) is 0. The largest absolute Gasteiger partial charge is 0.317 e. The average Bonchev–Trinajstić information content (AvgIpc) is 2.34. The third kappa shape index (κ3) is 5.82. The predicted molar refractivity (Wildman–Crippen MR) is 75.2 cm³/mol. The molecule has 0 bridgehead atoms. The van der Waals surface area contributed by atoms with Gasteiger partial charge in [0.05, 0.1) is 5.75 Å². The van der Waals surface area contributed by atoms with E-state index in [1.165, 1.54) is 0 Å². The van der Waals surface area contributed by atoms with Gasteiger partial charge in [-0.2, -0.15) is 0 Å². The van der Waals surface area contributed by atoms with Crippen molar-refractivity contribution in [2.24, 2.45) is 0 Å². The molecule has 1 aromatic carbocycles. The quantitative estimate of drug-likeness (QED) is 0.717. The van der Waals surface area contributed by atoms with Crippen LogP contribution in [0.4, 0.5) is 0 Å². The first-order chi connectivity index (χ1) is 8.55. The molecule has 2 N–H and O–H groups in total. The summed E-state index contributed by atoms with van der Waals surface area (Å²) >= 11 is 5.95. The molecule has 4 nitrogen and oxygen atoms in total. The van der Waals surface area contributed by atoms with Gasteiger partial charge in [0, 0.05) is 11.6 Å². The Hall–Kier alpha value is -0.620. The second-order valence-electron chi connectivity index (χ2n) is 3.94. The highest BCUT2D eigenvalue weighted by Gasteiger charge is 2.10. The molecule has 0 saturated carbocycles. The van der Waals surface area contributed by atoms with Crippen LogP contribution in [0.25, 0.3) is 0 Å². The zero-order valence-electron chi connectivity index (χ0n) is 10.4. The zero-order chi connectivity index (χ0) is 13.4. The van der Waals surface area contributed by atoms with Gasteiger partial charge in [0.15, 0.2) is 0 Å². The minimum atomic E-state index is -3.23. The lowest BCUT2D eigenvalue weighted by molar-refractivity contribution is 0.575. The Morgan fingerprint density at radius 3 is 2.67 bits per heavy atom. The van der Waals surface area contributed by atoms with E-state index in [0.29, 0.717) is 18.0 Å². The van der Waals surface area contributed by atoms with Gasteiger partial charge in [-0.05, 0) is 31.1 Å². The first-order valence-corrected chi connectivity index (χ1v) is 7.99. The molecular weight excluding hydrogens is 272 g/mol. The molecular formula is C12H19ClN2O2S. The molecule has 0 amide bonds. The van der Waals surface area contributed by atoms with Gasteiger partial charge < -0.3 is 5.32 Å². The van der Waals surface area contributed by atoms with Crippen molar-refractivity contribution < 1.29 is 8.42 Å². The van der Waals surface area contributed by atoms with Crippen molar-refractivity contribution in [3.8, 4) is 0 Å². The number of hydrogen-bond acceptors (Lipinski definition) is 3. The molecule has 0 spiro atoms. The zero-order valence-corrected chi connectivity index (χ0v) is 12.0. The average molecular weight is 291 g/mol. The van der Waals surface area contributed by atoms with E-state index < -0.39 is 10.0 Å². The third-order valence-corrected chi connectivity index (χ3v) is 4.24. The first kappa shape index (κ1) is 15.4. The van der Waals surface area contributed by atoms with E-state index in [9.17, 15) is 8.42 Å². The molecule has 0 aliphatic rings. The van der Waals surface area contributed by atoms with E-state index >= 15 is 0 Å². The van der Waals surface area contributed by atoms with Crippen molar-refractivity contribution in [2.45, 2.75) is 19.9 Å². The van der Waals surface area contributed by atoms with E-state index in [2.05, 4.69) is 10.0 Å².